The summed E-state index contributed by atoms with van der Waals surface area (Å²) in [7, 11) is 0. The number of nitrogens with one attached hydrogen (secondary N) is 8. The molecule has 0 aromatic heterocycles. The number of amides is 9. The molecule has 0 aromatic rings. The minimum absolute atomic E-state index is 0.0254. The molecule has 0 aliphatic rings. The molecule has 0 bridgehead atoms. The Labute approximate surface area is 281 Å². The first-order valence-corrected chi connectivity index (χ1v) is 15.2. The first-order valence-electron chi connectivity index (χ1n) is 15.2. The van der Waals surface area contributed by atoms with E-state index in [1.165, 1.54) is 13.8 Å². The molecule has 0 aliphatic heterocycles. The zero-order valence-electron chi connectivity index (χ0n) is 27.3. The van der Waals surface area contributed by atoms with Crippen molar-refractivity contribution in [2.75, 3.05) is 39.3 Å². The predicted octanol–water partition coefficient (Wildman–Crippen LogP) is -7.13. The fraction of sp³-hybridized carbons (Fsp3) is 0.630. The van der Waals surface area contributed by atoms with Crippen LogP contribution >= 0.6 is 0 Å². The lowest BCUT2D eigenvalue weighted by molar-refractivity contribution is -0.138. The van der Waals surface area contributed by atoms with E-state index in [1.54, 1.807) is 0 Å². The highest BCUT2D eigenvalue weighted by Gasteiger charge is 2.26. The fourth-order valence-corrected chi connectivity index (χ4v) is 3.59. The van der Waals surface area contributed by atoms with Crippen molar-refractivity contribution in [1.29, 1.82) is 0 Å². The number of hydrogen-bond acceptors (Lipinski definition) is 12. The van der Waals surface area contributed by atoms with Crippen LogP contribution in [0.25, 0.3) is 0 Å². The third kappa shape index (κ3) is 21.2. The largest absolute Gasteiger partial charge is 0.480 e. The quantitative estimate of drug-likeness (QED) is 0.0417. The molecule has 22 heteroatoms. The van der Waals surface area contributed by atoms with E-state index in [9.17, 15) is 47.9 Å². The molecular formula is C27H47N11O11. The second-order valence-electron chi connectivity index (χ2n) is 10.6. The Bertz CT molecular complexity index is 1210. The number of carbonyl (C=O) groups is 10. The average molecular weight is 702 g/mol. The van der Waals surface area contributed by atoms with Crippen LogP contribution in [0.5, 0.6) is 0 Å². The maximum Gasteiger partial charge on any atom is 0.322 e. The second kappa shape index (κ2) is 23.9. The van der Waals surface area contributed by atoms with Crippen LogP contribution in [0.1, 0.15) is 46.0 Å². The Balaban J connectivity index is 5.17. The summed E-state index contributed by atoms with van der Waals surface area (Å²) in [5.74, 6) is -7.58. The summed E-state index contributed by atoms with van der Waals surface area (Å²) in [6.07, 6.45) is 0.0708. The summed E-state index contributed by atoms with van der Waals surface area (Å²) in [6, 6.07) is -4.55. The van der Waals surface area contributed by atoms with E-state index < -0.39 is 96.4 Å². The SMILES string of the molecule is CC(N)C(=O)NC(CCC(=O)NC(CCCCNC(=O)CNC(=O)CNC(=O)CN)C(=O)NC(C)C(=O)NCC(=O)NCC(=O)O)C(N)=O. The number of unbranched alkanes of at least 4 members (excludes halogenated alkanes) is 1. The van der Waals surface area contributed by atoms with Gasteiger partial charge < -0.3 is 64.8 Å². The molecule has 4 unspecified atom stereocenters. The smallest absolute Gasteiger partial charge is 0.322 e. The third-order valence-corrected chi connectivity index (χ3v) is 6.32. The van der Waals surface area contributed by atoms with Crippen molar-refractivity contribution in [1.82, 2.24) is 42.5 Å². The lowest BCUT2D eigenvalue weighted by Gasteiger charge is -2.22. The van der Waals surface area contributed by atoms with Crippen LogP contribution in [0.4, 0.5) is 0 Å². The fourth-order valence-electron chi connectivity index (χ4n) is 3.59. The molecule has 0 aromatic carbocycles. The molecule has 49 heavy (non-hydrogen) atoms. The van der Waals surface area contributed by atoms with Crippen molar-refractivity contribution in [2.45, 2.75) is 70.1 Å². The number of aliphatic carboxylic acids is 1. The molecule has 0 radical (unpaired) electrons. The summed E-state index contributed by atoms with van der Waals surface area (Å²) in [6.45, 7) is 0.586. The minimum atomic E-state index is -1.29. The summed E-state index contributed by atoms with van der Waals surface area (Å²) in [5, 5.41) is 27.2. The molecule has 9 amide bonds. The summed E-state index contributed by atoms with van der Waals surface area (Å²) < 4.78 is 0. The molecule has 15 N–H and O–H groups in total. The Kier molecular flexibility index (Phi) is 21.2. The van der Waals surface area contributed by atoms with Crippen molar-refractivity contribution in [3.63, 3.8) is 0 Å². The number of hydrogen-bond donors (Lipinski definition) is 12. The van der Waals surface area contributed by atoms with E-state index in [-0.39, 0.29) is 51.9 Å². The van der Waals surface area contributed by atoms with Gasteiger partial charge in [-0.15, -0.1) is 0 Å². The van der Waals surface area contributed by atoms with Gasteiger partial charge in [-0.25, -0.2) is 0 Å². The van der Waals surface area contributed by atoms with Crippen molar-refractivity contribution in [2.24, 2.45) is 17.2 Å². The second-order valence-corrected chi connectivity index (χ2v) is 10.6. The van der Waals surface area contributed by atoms with Crippen LogP contribution in [-0.4, -0.2) is 128 Å². The Morgan fingerprint density at radius 2 is 1.14 bits per heavy atom. The highest BCUT2D eigenvalue weighted by Crippen LogP contribution is 2.05. The van der Waals surface area contributed by atoms with Crippen LogP contribution in [0, 0.1) is 0 Å². The molecule has 0 heterocycles. The Morgan fingerprint density at radius 3 is 1.69 bits per heavy atom. The van der Waals surface area contributed by atoms with Crippen LogP contribution in [0.2, 0.25) is 0 Å². The maximum absolute atomic E-state index is 13.1. The normalized spacial score (nSPS) is 12.8. The van der Waals surface area contributed by atoms with Gasteiger partial charge in [0.15, 0.2) is 0 Å². The van der Waals surface area contributed by atoms with E-state index in [0.717, 1.165) is 0 Å². The van der Waals surface area contributed by atoms with Gasteiger partial charge in [-0.1, -0.05) is 0 Å². The van der Waals surface area contributed by atoms with Crippen LogP contribution < -0.4 is 59.7 Å². The molecular weight excluding hydrogens is 654 g/mol. The average Bonchev–Trinajstić information content (AvgIpc) is 3.04. The molecule has 0 saturated carbocycles. The van der Waals surface area contributed by atoms with Crippen LogP contribution in [0.15, 0.2) is 0 Å². The van der Waals surface area contributed by atoms with Crippen LogP contribution in [-0.2, 0) is 47.9 Å². The summed E-state index contributed by atoms with van der Waals surface area (Å²) in [5.41, 5.74) is 15.9. The van der Waals surface area contributed by atoms with Gasteiger partial charge in [-0.3, -0.25) is 47.9 Å². The Hall–Kier alpha value is -5.38. The van der Waals surface area contributed by atoms with Crippen molar-refractivity contribution in [3.8, 4) is 0 Å². The van der Waals surface area contributed by atoms with E-state index in [0.29, 0.717) is 6.42 Å². The number of carboxylic acid groups (broad SMARTS) is 1. The molecule has 0 fully saturated rings. The van der Waals surface area contributed by atoms with Gasteiger partial charge in [0.1, 0.15) is 24.7 Å². The first kappa shape index (κ1) is 43.6. The standard InChI is InChI=1S/C27H47N11O11/c1-14(29)25(47)38-16(24(30)46)6-7-18(39)37-17(27(49)36-15(2)26(48)35-12-22(43)34-13-23(44)45)5-3-4-8-31-20(41)10-33-21(42)11-32-19(40)9-28/h14-17H,3-13,28-29H2,1-2H3,(H2,30,46)(H,31,41)(H,32,40)(H,33,42)(H,34,43)(H,35,48)(H,36,49)(H,37,39)(H,38,47)(H,44,45). The van der Waals surface area contributed by atoms with Gasteiger partial charge in [0.2, 0.25) is 53.2 Å². The Morgan fingerprint density at radius 1 is 0.592 bits per heavy atom. The van der Waals surface area contributed by atoms with Gasteiger partial charge in [-0.2, -0.15) is 0 Å². The van der Waals surface area contributed by atoms with Gasteiger partial charge in [0, 0.05) is 13.0 Å². The molecule has 276 valence electrons. The number of nitrogens with two attached hydrogens (primary N) is 3. The van der Waals surface area contributed by atoms with E-state index in [1.807, 2.05) is 0 Å². The predicted molar refractivity (Wildman–Crippen MR) is 169 cm³/mol. The van der Waals surface area contributed by atoms with Gasteiger partial charge >= 0.3 is 5.97 Å². The zero-order valence-corrected chi connectivity index (χ0v) is 27.3. The lowest BCUT2D eigenvalue weighted by Crippen LogP contribution is -2.54. The van der Waals surface area contributed by atoms with E-state index in [4.69, 9.17) is 22.3 Å². The van der Waals surface area contributed by atoms with Crippen molar-refractivity contribution >= 4 is 59.1 Å². The highest BCUT2D eigenvalue weighted by atomic mass is 16.4. The molecule has 0 saturated heterocycles. The molecule has 4 atom stereocenters. The molecule has 0 rings (SSSR count). The first-order chi connectivity index (χ1) is 23.0. The van der Waals surface area contributed by atoms with Gasteiger partial charge in [0.25, 0.3) is 0 Å². The topological polar surface area (TPSA) is 365 Å². The number of carboxylic acids is 1. The zero-order chi connectivity index (χ0) is 37.5. The number of primary amides is 1. The van der Waals surface area contributed by atoms with Crippen molar-refractivity contribution < 1.29 is 53.1 Å². The summed E-state index contributed by atoms with van der Waals surface area (Å²) >= 11 is 0. The van der Waals surface area contributed by atoms with Gasteiger partial charge in [0.05, 0.1) is 32.2 Å². The van der Waals surface area contributed by atoms with Crippen LogP contribution in [0.3, 0.4) is 0 Å². The minimum Gasteiger partial charge on any atom is -0.480 e. The number of carbonyl (C=O) groups excluding carboxylic acids is 9. The van der Waals surface area contributed by atoms with E-state index in [2.05, 4.69) is 42.5 Å². The van der Waals surface area contributed by atoms with E-state index >= 15 is 0 Å². The lowest BCUT2D eigenvalue weighted by atomic mass is 10.1. The number of rotatable bonds is 24. The summed E-state index contributed by atoms with van der Waals surface area (Å²) in [4.78, 5) is 119. The van der Waals surface area contributed by atoms with Gasteiger partial charge in [-0.05, 0) is 39.5 Å². The molecule has 0 aliphatic carbocycles. The van der Waals surface area contributed by atoms with Crippen molar-refractivity contribution in [3.05, 3.63) is 0 Å². The molecule has 22 nitrogen and oxygen atoms in total. The highest BCUT2D eigenvalue weighted by molar-refractivity contribution is 5.94. The third-order valence-electron chi connectivity index (χ3n) is 6.32. The monoisotopic (exact) mass is 701 g/mol. The molecule has 0 spiro atoms. The maximum atomic E-state index is 13.1.